The second-order valence-corrected chi connectivity index (χ2v) is 14.2. The maximum absolute atomic E-state index is 2.52. The average molecular weight is 654 g/mol. The summed E-state index contributed by atoms with van der Waals surface area (Å²) in [5.74, 6) is 0. The lowest BCUT2D eigenvalue weighted by Gasteiger charge is -2.32. The van der Waals surface area contributed by atoms with Crippen LogP contribution in [-0.4, -0.2) is 0 Å². The summed E-state index contributed by atoms with van der Waals surface area (Å²) in [6.45, 7) is 6.99. The second kappa shape index (κ2) is 12.3. The minimum atomic E-state index is -0.109. The molecule has 0 heterocycles. The molecule has 1 aliphatic rings. The third-order valence-electron chi connectivity index (χ3n) is 10.8. The number of rotatable bonds is 6. The van der Waals surface area contributed by atoms with Crippen molar-refractivity contribution in [3.05, 3.63) is 199 Å². The molecule has 0 saturated carbocycles. The molecule has 0 N–H and O–H groups in total. The maximum atomic E-state index is 2.52. The minimum Gasteiger partial charge on any atom is -0.309 e. The Kier molecular flexibility index (Phi) is 7.44. The molecule has 1 nitrogen and oxygen atoms in total. The molecule has 1 heteroatoms. The normalized spacial score (nSPS) is 12.8. The van der Waals surface area contributed by atoms with E-state index in [0.717, 1.165) is 5.69 Å². The van der Waals surface area contributed by atoms with E-state index >= 15 is 0 Å². The van der Waals surface area contributed by atoms with Crippen LogP contribution in [0.2, 0.25) is 0 Å². The Morgan fingerprint density at radius 1 is 0.412 bits per heavy atom. The number of hydrogen-bond donors (Lipinski definition) is 0. The maximum Gasteiger partial charge on any atom is 0.0569 e. The highest BCUT2D eigenvalue weighted by atomic mass is 15.2. The zero-order valence-electron chi connectivity index (χ0n) is 29.3. The summed E-state index contributed by atoms with van der Waals surface area (Å²) in [4.78, 5) is 2.52. The van der Waals surface area contributed by atoms with Gasteiger partial charge < -0.3 is 4.90 Å². The van der Waals surface area contributed by atoms with Crippen molar-refractivity contribution in [1.29, 1.82) is 0 Å². The van der Waals surface area contributed by atoms with Crippen molar-refractivity contribution in [2.24, 2.45) is 0 Å². The van der Waals surface area contributed by atoms with Gasteiger partial charge in [-0.3, -0.25) is 0 Å². The van der Waals surface area contributed by atoms with Crippen LogP contribution in [0.1, 0.15) is 30.5 Å². The van der Waals surface area contributed by atoms with Gasteiger partial charge in [0.15, 0.2) is 0 Å². The van der Waals surface area contributed by atoms with Crippen LogP contribution in [0.5, 0.6) is 0 Å². The highest BCUT2D eigenvalue weighted by Crippen LogP contribution is 2.55. The molecule has 0 aromatic heterocycles. The lowest BCUT2D eigenvalue weighted by molar-refractivity contribution is 0.660. The van der Waals surface area contributed by atoms with Gasteiger partial charge in [-0.1, -0.05) is 159 Å². The molecular weight excluding hydrogens is 615 g/mol. The summed E-state index contributed by atoms with van der Waals surface area (Å²) in [6.07, 6.45) is 0. The van der Waals surface area contributed by atoms with Crippen molar-refractivity contribution < 1.29 is 0 Å². The summed E-state index contributed by atoms with van der Waals surface area (Å²) in [5.41, 5.74) is 17.2. The third kappa shape index (κ3) is 5.25. The van der Waals surface area contributed by atoms with Crippen molar-refractivity contribution in [1.82, 2.24) is 0 Å². The molecule has 244 valence electrons. The average Bonchev–Trinajstić information content (AvgIpc) is 3.42. The fourth-order valence-corrected chi connectivity index (χ4v) is 8.19. The Morgan fingerprint density at radius 2 is 1.02 bits per heavy atom. The van der Waals surface area contributed by atoms with Crippen LogP contribution in [0.4, 0.5) is 17.1 Å². The second-order valence-electron chi connectivity index (χ2n) is 14.2. The van der Waals surface area contributed by atoms with Crippen molar-refractivity contribution in [2.45, 2.75) is 26.2 Å². The number of anilines is 3. The van der Waals surface area contributed by atoms with Gasteiger partial charge in [0.2, 0.25) is 0 Å². The molecule has 0 amide bonds. The van der Waals surface area contributed by atoms with Gasteiger partial charge in [-0.2, -0.15) is 0 Å². The van der Waals surface area contributed by atoms with E-state index in [1.807, 2.05) is 0 Å². The molecule has 0 saturated heterocycles. The molecule has 0 atom stereocenters. The van der Waals surface area contributed by atoms with E-state index in [-0.39, 0.29) is 5.41 Å². The molecule has 0 bridgehead atoms. The van der Waals surface area contributed by atoms with Crippen LogP contribution in [0.3, 0.4) is 0 Å². The van der Waals surface area contributed by atoms with Crippen LogP contribution < -0.4 is 4.90 Å². The van der Waals surface area contributed by atoms with E-state index in [0.29, 0.717) is 0 Å². The van der Waals surface area contributed by atoms with Gasteiger partial charge in [0.1, 0.15) is 0 Å². The molecular formula is C50H39N. The van der Waals surface area contributed by atoms with Crippen LogP contribution in [0.25, 0.3) is 55.3 Å². The van der Waals surface area contributed by atoms with E-state index in [1.54, 1.807) is 0 Å². The van der Waals surface area contributed by atoms with Gasteiger partial charge in [-0.05, 0) is 104 Å². The van der Waals surface area contributed by atoms with Crippen LogP contribution in [-0.2, 0) is 5.41 Å². The van der Waals surface area contributed by atoms with Crippen LogP contribution >= 0.6 is 0 Å². The summed E-state index contributed by atoms with van der Waals surface area (Å²) in [7, 11) is 0. The van der Waals surface area contributed by atoms with Gasteiger partial charge in [-0.25, -0.2) is 0 Å². The lowest BCUT2D eigenvalue weighted by atomic mass is 9.82. The van der Waals surface area contributed by atoms with E-state index < -0.39 is 0 Å². The van der Waals surface area contributed by atoms with Crippen LogP contribution in [0, 0.1) is 6.92 Å². The lowest BCUT2D eigenvalue weighted by Crippen LogP contribution is -2.16. The predicted molar refractivity (Wildman–Crippen MR) is 217 cm³/mol. The molecule has 0 spiro atoms. The van der Waals surface area contributed by atoms with Gasteiger partial charge in [-0.15, -0.1) is 0 Å². The minimum absolute atomic E-state index is 0.109. The summed E-state index contributed by atoms with van der Waals surface area (Å²) in [5, 5.41) is 2.51. The zero-order valence-corrected chi connectivity index (χ0v) is 29.3. The Labute approximate surface area is 301 Å². The van der Waals surface area contributed by atoms with E-state index in [9.17, 15) is 0 Å². The highest BCUT2D eigenvalue weighted by molar-refractivity contribution is 5.99. The first kappa shape index (κ1) is 30.8. The summed E-state index contributed by atoms with van der Waals surface area (Å²) < 4.78 is 0. The molecule has 51 heavy (non-hydrogen) atoms. The summed E-state index contributed by atoms with van der Waals surface area (Å²) >= 11 is 0. The standard InChI is InChI=1S/C50H39N/c1-34-31-41(35-15-6-4-7-16-35)33-44(38-18-8-5-9-19-38)49(34)51(47-24-14-23-46-48(47)43-21-12-13-22-45(43)50(46,2)3)42-29-27-37(28-30-42)40-26-25-36-17-10-11-20-39(36)32-40/h4-33H,1-3H3. The molecule has 0 aliphatic heterocycles. The van der Waals surface area contributed by atoms with Gasteiger partial charge in [0.25, 0.3) is 0 Å². The van der Waals surface area contributed by atoms with Crippen molar-refractivity contribution in [2.75, 3.05) is 4.90 Å². The first-order valence-electron chi connectivity index (χ1n) is 17.9. The Hall–Kier alpha value is -6.18. The van der Waals surface area contributed by atoms with E-state index in [2.05, 4.69) is 208 Å². The van der Waals surface area contributed by atoms with Gasteiger partial charge >= 0.3 is 0 Å². The van der Waals surface area contributed by atoms with E-state index in [1.165, 1.54) is 83.3 Å². The predicted octanol–water partition coefficient (Wildman–Crippen LogP) is 13.9. The topological polar surface area (TPSA) is 3.24 Å². The molecule has 0 radical (unpaired) electrons. The quantitative estimate of drug-likeness (QED) is 0.173. The summed E-state index contributed by atoms with van der Waals surface area (Å²) in [6, 6.07) is 66.7. The number of nitrogens with zero attached hydrogens (tertiary/aromatic N) is 1. The molecule has 0 fully saturated rings. The zero-order chi connectivity index (χ0) is 34.5. The SMILES string of the molecule is Cc1cc(-c2ccccc2)cc(-c2ccccc2)c1N(c1ccc(-c2ccc3ccccc3c2)cc1)c1cccc2c1-c1ccccc1C2(C)C. The first-order chi connectivity index (χ1) is 25.0. The smallest absolute Gasteiger partial charge is 0.0569 e. The number of fused-ring (bicyclic) bond motifs is 4. The van der Waals surface area contributed by atoms with Crippen molar-refractivity contribution in [3.8, 4) is 44.5 Å². The third-order valence-corrected chi connectivity index (χ3v) is 10.8. The van der Waals surface area contributed by atoms with Crippen molar-refractivity contribution >= 4 is 27.8 Å². The molecule has 8 aromatic rings. The molecule has 9 rings (SSSR count). The fourth-order valence-electron chi connectivity index (χ4n) is 8.19. The monoisotopic (exact) mass is 653 g/mol. The number of benzene rings is 8. The molecule has 0 unspecified atom stereocenters. The Balaban J connectivity index is 1.30. The van der Waals surface area contributed by atoms with Gasteiger partial charge in [0.05, 0.1) is 11.4 Å². The first-order valence-corrected chi connectivity index (χ1v) is 17.9. The fraction of sp³-hybridized carbons (Fsp3) is 0.0800. The Morgan fingerprint density at radius 3 is 1.78 bits per heavy atom. The van der Waals surface area contributed by atoms with Crippen LogP contribution in [0.15, 0.2) is 182 Å². The Bertz CT molecular complexity index is 2540. The van der Waals surface area contributed by atoms with Crippen molar-refractivity contribution in [3.63, 3.8) is 0 Å². The molecule has 1 aliphatic carbocycles. The van der Waals surface area contributed by atoms with E-state index in [4.69, 9.17) is 0 Å². The van der Waals surface area contributed by atoms with Gasteiger partial charge in [0, 0.05) is 22.2 Å². The number of hydrogen-bond acceptors (Lipinski definition) is 1. The number of aryl methyl sites for hydroxylation is 1. The largest absolute Gasteiger partial charge is 0.309 e. The molecule has 8 aromatic carbocycles. The highest BCUT2D eigenvalue weighted by Gasteiger charge is 2.38.